The number of aromatic nitrogens is 4. The number of hydrogen-bond acceptors (Lipinski definition) is 7. The summed E-state index contributed by atoms with van der Waals surface area (Å²) in [6.45, 7) is 3.50. The molecule has 0 N–H and O–H groups in total. The molecule has 21 heavy (non-hydrogen) atoms. The fourth-order valence-corrected chi connectivity index (χ4v) is 2.63. The van der Waals surface area contributed by atoms with E-state index in [4.69, 9.17) is 10.7 Å². The molecule has 10 heteroatoms. The van der Waals surface area contributed by atoms with Crippen LogP contribution in [-0.2, 0) is 13.8 Å². The first-order valence-electron chi connectivity index (χ1n) is 5.67. The van der Waals surface area contributed by atoms with Gasteiger partial charge in [-0.1, -0.05) is 0 Å². The van der Waals surface area contributed by atoms with E-state index in [1.54, 1.807) is 19.9 Å². The zero-order valence-corrected chi connectivity index (χ0v) is 12.9. The van der Waals surface area contributed by atoms with Gasteiger partial charge in [0.2, 0.25) is 5.03 Å². The molecule has 112 valence electrons. The average molecular weight is 331 g/mol. The van der Waals surface area contributed by atoms with E-state index in [-0.39, 0.29) is 11.5 Å². The lowest BCUT2D eigenvalue weighted by atomic mass is 10.3. The van der Waals surface area contributed by atoms with Crippen molar-refractivity contribution in [2.45, 2.75) is 18.9 Å². The van der Waals surface area contributed by atoms with Crippen LogP contribution >= 0.6 is 10.7 Å². The van der Waals surface area contributed by atoms with Crippen LogP contribution in [0.3, 0.4) is 0 Å². The fraction of sp³-hybridized carbons (Fsp3) is 0.273. The number of ether oxygens (including phenoxy) is 1. The van der Waals surface area contributed by atoms with Gasteiger partial charge in [0.15, 0.2) is 0 Å². The maximum absolute atomic E-state index is 11.6. The maximum atomic E-state index is 11.6. The van der Waals surface area contributed by atoms with Gasteiger partial charge in [0.25, 0.3) is 15.0 Å². The highest BCUT2D eigenvalue weighted by Gasteiger charge is 2.27. The molecule has 8 nitrogen and oxygen atoms in total. The predicted octanol–water partition coefficient (Wildman–Crippen LogP) is 0.993. The van der Waals surface area contributed by atoms with Gasteiger partial charge in [-0.15, -0.1) is 0 Å². The topological polar surface area (TPSA) is 104 Å². The summed E-state index contributed by atoms with van der Waals surface area (Å²) in [4.78, 5) is 19.9. The highest BCUT2D eigenvalue weighted by Crippen LogP contribution is 2.20. The molecule has 0 amide bonds. The molecule has 0 unspecified atom stereocenters. The molecule has 0 fully saturated rings. The second-order valence-electron chi connectivity index (χ2n) is 4.17. The lowest BCUT2D eigenvalue weighted by Crippen LogP contribution is -2.05. The first-order chi connectivity index (χ1) is 9.72. The fourth-order valence-electron chi connectivity index (χ4n) is 1.70. The van der Waals surface area contributed by atoms with Crippen molar-refractivity contribution in [3.63, 3.8) is 0 Å². The minimum absolute atomic E-state index is 0.129. The van der Waals surface area contributed by atoms with Gasteiger partial charge in [0.05, 0.1) is 13.3 Å². The summed E-state index contributed by atoms with van der Waals surface area (Å²) in [6.07, 6.45) is 1.16. The largest absolute Gasteiger partial charge is 0.465 e. The summed E-state index contributed by atoms with van der Waals surface area (Å²) >= 11 is 0. The van der Waals surface area contributed by atoms with Gasteiger partial charge in [-0.05, 0) is 19.9 Å². The highest BCUT2D eigenvalue weighted by atomic mass is 35.7. The Balaban J connectivity index is 2.66. The Morgan fingerprint density at radius 2 is 1.86 bits per heavy atom. The predicted molar refractivity (Wildman–Crippen MR) is 73.0 cm³/mol. The molecule has 0 saturated heterocycles. The van der Waals surface area contributed by atoms with Gasteiger partial charge >= 0.3 is 5.97 Å². The summed E-state index contributed by atoms with van der Waals surface area (Å²) in [6, 6.07) is 1.74. The molecule has 0 saturated carbocycles. The standard InChI is InChI=1S/C11H11ClN4O4S/c1-6-4-7(2)14-11(13-6)16-5-8(10(17)20-3)9(15-16)21(12,18)19/h4-5H,1-3H3. The molecule has 0 radical (unpaired) electrons. The number of methoxy groups -OCH3 is 1. The number of nitrogens with zero attached hydrogens (tertiary/aromatic N) is 4. The lowest BCUT2D eigenvalue weighted by Gasteiger charge is -2.01. The van der Waals surface area contributed by atoms with Gasteiger partial charge in [-0.25, -0.2) is 27.9 Å². The Hall–Kier alpha value is -2.00. The number of halogens is 1. The van der Waals surface area contributed by atoms with Crippen molar-refractivity contribution in [1.29, 1.82) is 0 Å². The first kappa shape index (κ1) is 15.4. The molecule has 2 aromatic rings. The lowest BCUT2D eigenvalue weighted by molar-refractivity contribution is 0.0596. The van der Waals surface area contributed by atoms with Crippen LogP contribution in [0.15, 0.2) is 17.3 Å². The Morgan fingerprint density at radius 3 is 2.33 bits per heavy atom. The van der Waals surface area contributed by atoms with E-state index in [2.05, 4.69) is 19.8 Å². The van der Waals surface area contributed by atoms with Gasteiger partial charge in [0, 0.05) is 22.1 Å². The van der Waals surface area contributed by atoms with Crippen molar-refractivity contribution in [1.82, 2.24) is 19.7 Å². The van der Waals surface area contributed by atoms with Crippen LogP contribution in [0.2, 0.25) is 0 Å². The zero-order chi connectivity index (χ0) is 15.8. The highest BCUT2D eigenvalue weighted by molar-refractivity contribution is 8.13. The minimum atomic E-state index is -4.21. The van der Waals surface area contributed by atoms with Gasteiger partial charge in [-0.2, -0.15) is 5.10 Å². The third-order valence-electron chi connectivity index (χ3n) is 2.49. The van der Waals surface area contributed by atoms with Crippen molar-refractivity contribution in [3.05, 3.63) is 29.2 Å². The van der Waals surface area contributed by atoms with Crippen molar-refractivity contribution >= 4 is 25.7 Å². The number of rotatable bonds is 3. The van der Waals surface area contributed by atoms with Gasteiger partial charge < -0.3 is 4.74 Å². The molecular weight excluding hydrogens is 320 g/mol. The molecule has 2 aromatic heterocycles. The van der Waals surface area contributed by atoms with Crippen LogP contribution in [0.25, 0.3) is 5.95 Å². The first-order valence-corrected chi connectivity index (χ1v) is 7.98. The smallest absolute Gasteiger partial charge is 0.342 e. The number of hydrogen-bond donors (Lipinski definition) is 0. The number of carbonyl (C=O) groups is 1. The summed E-state index contributed by atoms with van der Waals surface area (Å²) < 4.78 is 28.6. The van der Waals surface area contributed by atoms with E-state index in [0.29, 0.717) is 11.4 Å². The van der Waals surface area contributed by atoms with Crippen LogP contribution in [0.1, 0.15) is 21.7 Å². The third kappa shape index (κ3) is 3.19. The molecule has 0 spiro atoms. The molecule has 0 atom stereocenters. The van der Waals surface area contributed by atoms with E-state index in [1.165, 1.54) is 0 Å². The normalized spacial score (nSPS) is 11.4. The van der Waals surface area contributed by atoms with E-state index >= 15 is 0 Å². The molecule has 2 heterocycles. The van der Waals surface area contributed by atoms with E-state index in [1.807, 2.05) is 0 Å². The van der Waals surface area contributed by atoms with Crippen LogP contribution < -0.4 is 0 Å². The van der Waals surface area contributed by atoms with E-state index in [0.717, 1.165) is 18.0 Å². The summed E-state index contributed by atoms with van der Waals surface area (Å²) in [7, 11) is 2.19. The quantitative estimate of drug-likeness (QED) is 0.610. The average Bonchev–Trinajstić information content (AvgIpc) is 2.81. The van der Waals surface area contributed by atoms with Gasteiger partial charge in [-0.3, -0.25) is 0 Å². The van der Waals surface area contributed by atoms with Gasteiger partial charge in [0.1, 0.15) is 5.56 Å². The summed E-state index contributed by atoms with van der Waals surface area (Å²) in [5.41, 5.74) is 1.06. The third-order valence-corrected chi connectivity index (χ3v) is 3.69. The molecule has 0 aromatic carbocycles. The molecule has 0 aliphatic rings. The summed E-state index contributed by atoms with van der Waals surface area (Å²) in [5, 5.41) is 3.18. The minimum Gasteiger partial charge on any atom is -0.465 e. The Bertz CT molecular complexity index is 795. The molecule has 2 rings (SSSR count). The Labute approximate surface area is 125 Å². The number of carbonyl (C=O) groups excluding carboxylic acids is 1. The van der Waals surface area contributed by atoms with Crippen molar-refractivity contribution in [2.24, 2.45) is 0 Å². The SMILES string of the molecule is COC(=O)c1cn(-c2nc(C)cc(C)n2)nc1S(=O)(=O)Cl. The number of esters is 1. The molecule has 0 aliphatic carbocycles. The summed E-state index contributed by atoms with van der Waals surface area (Å²) in [5.74, 6) is -0.742. The van der Waals surface area contributed by atoms with Crippen LogP contribution in [0.4, 0.5) is 0 Å². The van der Waals surface area contributed by atoms with Crippen LogP contribution in [0.5, 0.6) is 0 Å². The van der Waals surface area contributed by atoms with E-state index in [9.17, 15) is 13.2 Å². The molecule has 0 bridgehead atoms. The van der Waals surface area contributed by atoms with Crippen molar-refractivity contribution < 1.29 is 17.9 Å². The van der Waals surface area contributed by atoms with E-state index < -0.39 is 20.0 Å². The van der Waals surface area contributed by atoms with Crippen LogP contribution in [0, 0.1) is 13.8 Å². The Morgan fingerprint density at radius 1 is 1.29 bits per heavy atom. The Kier molecular flexibility index (Phi) is 3.97. The molecule has 0 aliphatic heterocycles. The second-order valence-corrected chi connectivity index (χ2v) is 6.65. The molecular formula is C11H11ClN4O4S. The second kappa shape index (κ2) is 5.41. The monoisotopic (exact) mass is 330 g/mol. The van der Waals surface area contributed by atoms with Crippen molar-refractivity contribution in [3.8, 4) is 5.95 Å². The number of aryl methyl sites for hydroxylation is 2. The van der Waals surface area contributed by atoms with Crippen molar-refractivity contribution in [2.75, 3.05) is 7.11 Å². The van der Waals surface area contributed by atoms with Crippen LogP contribution in [-0.4, -0.2) is 41.2 Å². The zero-order valence-electron chi connectivity index (χ0n) is 11.4. The maximum Gasteiger partial charge on any atom is 0.342 e.